The number of nitrogens with zero attached hydrogens (tertiary/aromatic N) is 3. The van der Waals surface area contributed by atoms with Gasteiger partial charge in [-0.2, -0.15) is 10.1 Å². The second kappa shape index (κ2) is 7.05. The summed E-state index contributed by atoms with van der Waals surface area (Å²) in [6.07, 6.45) is 0.445. The minimum absolute atomic E-state index is 0.0143. The topological polar surface area (TPSA) is 70.1 Å². The Morgan fingerprint density at radius 3 is 2.04 bits per heavy atom. The number of hydrogen-bond donors (Lipinski definition) is 0. The van der Waals surface area contributed by atoms with Crippen molar-refractivity contribution in [1.29, 1.82) is 0 Å². The summed E-state index contributed by atoms with van der Waals surface area (Å²) in [5.74, 6) is -2.58. The highest BCUT2D eigenvalue weighted by Crippen LogP contribution is 2.38. The van der Waals surface area contributed by atoms with E-state index in [0.29, 0.717) is 23.5 Å². The van der Waals surface area contributed by atoms with E-state index >= 15 is 0 Å². The van der Waals surface area contributed by atoms with Gasteiger partial charge in [-0.25, -0.2) is 4.90 Å². The quantitative estimate of drug-likeness (QED) is 0.746. The Bertz CT molecular complexity index is 1030. The van der Waals surface area contributed by atoms with Gasteiger partial charge in [-0.05, 0) is 30.7 Å². The van der Waals surface area contributed by atoms with Gasteiger partial charge < -0.3 is 0 Å². The van der Waals surface area contributed by atoms with Crippen LogP contribution < -0.4 is 9.91 Å². The molecule has 0 saturated carbocycles. The molecule has 2 aliphatic heterocycles. The van der Waals surface area contributed by atoms with Crippen LogP contribution in [0.5, 0.6) is 0 Å². The molecule has 0 radical (unpaired) electrons. The van der Waals surface area contributed by atoms with Crippen LogP contribution in [-0.4, -0.2) is 23.4 Å². The fraction of sp³-hybridized carbons (Fsp3) is 0.143. The molecule has 1 atom stereocenters. The molecule has 0 aromatic heterocycles. The number of hydrogen-bond acceptors (Lipinski definition) is 4. The lowest BCUT2D eigenvalue weighted by Crippen LogP contribution is -2.35. The molecule has 0 bridgehead atoms. The second-order valence-electron chi connectivity index (χ2n) is 6.37. The van der Waals surface area contributed by atoms with Gasteiger partial charge in [0.05, 0.1) is 22.7 Å². The first-order chi connectivity index (χ1) is 13.5. The molecule has 7 heteroatoms. The number of amides is 3. The number of carbonyl (C=O) groups excluding carboxylic acids is 3. The number of benzene rings is 2. The summed E-state index contributed by atoms with van der Waals surface area (Å²) in [5.41, 5.74) is 1.48. The molecule has 0 spiro atoms. The van der Waals surface area contributed by atoms with Crippen LogP contribution in [0.1, 0.15) is 13.3 Å². The van der Waals surface area contributed by atoms with E-state index in [9.17, 15) is 14.4 Å². The summed E-state index contributed by atoms with van der Waals surface area (Å²) in [4.78, 5) is 39.9. The normalized spacial score (nSPS) is 19.7. The Morgan fingerprint density at radius 1 is 0.893 bits per heavy atom. The lowest BCUT2D eigenvalue weighted by atomic mass is 9.92. The van der Waals surface area contributed by atoms with Gasteiger partial charge in [-0.15, -0.1) is 0 Å². The van der Waals surface area contributed by atoms with Crippen molar-refractivity contribution >= 4 is 46.4 Å². The maximum absolute atomic E-state index is 13.1. The first kappa shape index (κ1) is 18.1. The third kappa shape index (κ3) is 2.73. The molecule has 1 unspecified atom stereocenters. The Labute approximate surface area is 166 Å². The SMILES string of the molecule is CCC1=NN(c2ccccc2)C(=O)C1C1=C(Cl)C(=O)N(c2ccccc2)C1=O. The summed E-state index contributed by atoms with van der Waals surface area (Å²) < 4.78 is 0. The molecule has 2 aromatic carbocycles. The van der Waals surface area contributed by atoms with Crippen LogP contribution in [0.25, 0.3) is 0 Å². The molecule has 4 rings (SSSR count). The molecule has 140 valence electrons. The van der Waals surface area contributed by atoms with Crippen molar-refractivity contribution in [3.05, 3.63) is 71.3 Å². The van der Waals surface area contributed by atoms with E-state index < -0.39 is 23.6 Å². The zero-order valence-electron chi connectivity index (χ0n) is 15.0. The predicted molar refractivity (Wildman–Crippen MR) is 107 cm³/mol. The van der Waals surface area contributed by atoms with E-state index in [1.165, 1.54) is 5.01 Å². The number of para-hydroxylation sites is 2. The summed E-state index contributed by atoms with van der Waals surface area (Å²) >= 11 is 6.27. The van der Waals surface area contributed by atoms with E-state index in [1.54, 1.807) is 54.6 Å². The average molecular weight is 394 g/mol. The molecule has 2 aromatic rings. The molecule has 2 aliphatic rings. The Kier molecular flexibility index (Phi) is 4.57. The first-order valence-corrected chi connectivity index (χ1v) is 9.22. The summed E-state index contributed by atoms with van der Waals surface area (Å²) in [6, 6.07) is 17.4. The molecule has 3 amide bonds. The van der Waals surface area contributed by atoms with Crippen molar-refractivity contribution < 1.29 is 14.4 Å². The molecule has 2 heterocycles. The Morgan fingerprint density at radius 2 is 1.46 bits per heavy atom. The monoisotopic (exact) mass is 393 g/mol. The minimum atomic E-state index is -0.970. The molecule has 28 heavy (non-hydrogen) atoms. The summed E-state index contributed by atoms with van der Waals surface area (Å²) in [5, 5.41) is 5.44. The lowest BCUT2D eigenvalue weighted by Gasteiger charge is -2.17. The van der Waals surface area contributed by atoms with Crippen LogP contribution in [0.2, 0.25) is 0 Å². The van der Waals surface area contributed by atoms with Crippen molar-refractivity contribution in [2.45, 2.75) is 13.3 Å². The number of anilines is 2. The first-order valence-electron chi connectivity index (χ1n) is 8.84. The van der Waals surface area contributed by atoms with Gasteiger partial charge in [0.1, 0.15) is 11.0 Å². The zero-order chi connectivity index (χ0) is 19.8. The fourth-order valence-electron chi connectivity index (χ4n) is 3.40. The molecule has 6 nitrogen and oxygen atoms in total. The van der Waals surface area contributed by atoms with Crippen LogP contribution >= 0.6 is 11.6 Å². The van der Waals surface area contributed by atoms with E-state index in [4.69, 9.17) is 11.6 Å². The lowest BCUT2D eigenvalue weighted by molar-refractivity contribution is -0.123. The predicted octanol–water partition coefficient (Wildman–Crippen LogP) is 3.48. The number of imide groups is 1. The molecule has 0 fully saturated rings. The molecule has 0 aliphatic carbocycles. The van der Waals surface area contributed by atoms with E-state index in [-0.39, 0.29) is 10.6 Å². The van der Waals surface area contributed by atoms with Crippen LogP contribution in [0, 0.1) is 5.92 Å². The highest BCUT2D eigenvalue weighted by atomic mass is 35.5. The van der Waals surface area contributed by atoms with Crippen LogP contribution in [0.15, 0.2) is 76.4 Å². The molecule has 0 saturated heterocycles. The van der Waals surface area contributed by atoms with Crippen LogP contribution in [0.3, 0.4) is 0 Å². The van der Waals surface area contributed by atoms with Gasteiger partial charge in [0.2, 0.25) is 0 Å². The summed E-state index contributed by atoms with van der Waals surface area (Å²) in [7, 11) is 0. The number of halogens is 1. The molecule has 0 N–H and O–H groups in total. The highest BCUT2D eigenvalue weighted by Gasteiger charge is 2.49. The fourth-order valence-corrected chi connectivity index (χ4v) is 3.68. The average Bonchev–Trinajstić information content (AvgIpc) is 3.16. The van der Waals surface area contributed by atoms with Gasteiger partial charge in [-0.3, -0.25) is 14.4 Å². The smallest absolute Gasteiger partial charge is 0.271 e. The van der Waals surface area contributed by atoms with Gasteiger partial charge in [-0.1, -0.05) is 54.9 Å². The van der Waals surface area contributed by atoms with Crippen molar-refractivity contribution in [2.24, 2.45) is 11.0 Å². The van der Waals surface area contributed by atoms with Crippen molar-refractivity contribution in [2.75, 3.05) is 9.91 Å². The van der Waals surface area contributed by atoms with Gasteiger partial charge in [0.25, 0.3) is 17.7 Å². The van der Waals surface area contributed by atoms with E-state index in [2.05, 4.69) is 5.10 Å². The Hall–Kier alpha value is -3.25. The number of carbonyl (C=O) groups is 3. The number of rotatable bonds is 4. The van der Waals surface area contributed by atoms with Crippen molar-refractivity contribution in [1.82, 2.24) is 0 Å². The maximum atomic E-state index is 13.1. The third-order valence-electron chi connectivity index (χ3n) is 4.74. The zero-order valence-corrected chi connectivity index (χ0v) is 15.8. The van der Waals surface area contributed by atoms with E-state index in [0.717, 1.165) is 4.90 Å². The third-order valence-corrected chi connectivity index (χ3v) is 5.11. The molecular formula is C21H16ClN3O3. The van der Waals surface area contributed by atoms with Crippen molar-refractivity contribution in [3.63, 3.8) is 0 Å². The summed E-state index contributed by atoms with van der Waals surface area (Å²) in [6.45, 7) is 1.85. The van der Waals surface area contributed by atoms with Crippen LogP contribution in [0.4, 0.5) is 11.4 Å². The number of hydrazone groups is 1. The van der Waals surface area contributed by atoms with Gasteiger partial charge >= 0.3 is 0 Å². The van der Waals surface area contributed by atoms with Gasteiger partial charge in [0.15, 0.2) is 0 Å². The van der Waals surface area contributed by atoms with E-state index in [1.807, 2.05) is 13.0 Å². The second-order valence-corrected chi connectivity index (χ2v) is 6.75. The Balaban J connectivity index is 1.74. The standard InChI is InChI=1S/C21H16ClN3O3/c1-2-15-16(20(27)25(23-15)14-11-7-4-8-12-14)17-18(22)21(28)24(19(17)26)13-9-5-3-6-10-13/h3-12,16H,2H2,1H3. The van der Waals surface area contributed by atoms with Crippen LogP contribution in [-0.2, 0) is 14.4 Å². The highest BCUT2D eigenvalue weighted by molar-refractivity contribution is 6.54. The largest absolute Gasteiger partial charge is 0.277 e. The van der Waals surface area contributed by atoms with Gasteiger partial charge in [0, 0.05) is 0 Å². The minimum Gasteiger partial charge on any atom is -0.271 e. The van der Waals surface area contributed by atoms with Crippen molar-refractivity contribution in [3.8, 4) is 0 Å². The molecular weight excluding hydrogens is 378 g/mol. The maximum Gasteiger partial charge on any atom is 0.277 e.